The van der Waals surface area contributed by atoms with Gasteiger partial charge < -0.3 is 15.3 Å². The standard InChI is InChI=1S/C19H22N2O2/c22-19(23)16-8-6-7-15(13-16)14-20-17-9-2-3-10-18(17)21-11-4-1-5-12-21/h2-3,6-10,13,20H,1,4-5,11-12,14H2,(H,22,23). The van der Waals surface area contributed by atoms with Gasteiger partial charge in [0.25, 0.3) is 0 Å². The number of benzene rings is 2. The highest BCUT2D eigenvalue weighted by Crippen LogP contribution is 2.28. The van der Waals surface area contributed by atoms with Gasteiger partial charge in [0.05, 0.1) is 16.9 Å². The van der Waals surface area contributed by atoms with Crippen molar-refractivity contribution in [2.45, 2.75) is 25.8 Å². The molecule has 1 fully saturated rings. The number of carboxylic acid groups (broad SMARTS) is 1. The van der Waals surface area contributed by atoms with Crippen molar-refractivity contribution in [1.29, 1.82) is 0 Å². The number of hydrogen-bond donors (Lipinski definition) is 2. The van der Waals surface area contributed by atoms with E-state index in [9.17, 15) is 4.79 Å². The lowest BCUT2D eigenvalue weighted by molar-refractivity contribution is 0.0697. The SMILES string of the molecule is O=C(O)c1cccc(CNc2ccccc2N2CCCCC2)c1. The maximum absolute atomic E-state index is 11.1. The van der Waals surface area contributed by atoms with Gasteiger partial charge in [0.2, 0.25) is 0 Å². The predicted octanol–water partition coefficient (Wildman–Crippen LogP) is 3.99. The van der Waals surface area contributed by atoms with Gasteiger partial charge in [-0.1, -0.05) is 24.3 Å². The Morgan fingerprint density at radius 2 is 1.83 bits per heavy atom. The zero-order chi connectivity index (χ0) is 16.1. The summed E-state index contributed by atoms with van der Waals surface area (Å²) in [6.07, 6.45) is 3.80. The number of piperidine rings is 1. The molecule has 0 amide bonds. The highest BCUT2D eigenvalue weighted by atomic mass is 16.4. The summed E-state index contributed by atoms with van der Waals surface area (Å²) in [5.41, 5.74) is 3.64. The fourth-order valence-corrected chi connectivity index (χ4v) is 3.05. The number of carbonyl (C=O) groups is 1. The van der Waals surface area contributed by atoms with Crippen LogP contribution in [0.15, 0.2) is 48.5 Å². The highest BCUT2D eigenvalue weighted by Gasteiger charge is 2.14. The van der Waals surface area contributed by atoms with E-state index in [1.165, 1.54) is 24.9 Å². The van der Waals surface area contributed by atoms with E-state index in [0.29, 0.717) is 12.1 Å². The van der Waals surface area contributed by atoms with Gasteiger partial charge in [-0.3, -0.25) is 0 Å². The topological polar surface area (TPSA) is 52.6 Å². The average molecular weight is 310 g/mol. The molecule has 0 aromatic heterocycles. The van der Waals surface area contributed by atoms with E-state index in [-0.39, 0.29) is 0 Å². The molecule has 1 saturated heterocycles. The van der Waals surface area contributed by atoms with E-state index in [0.717, 1.165) is 24.3 Å². The van der Waals surface area contributed by atoms with Crippen LogP contribution >= 0.6 is 0 Å². The van der Waals surface area contributed by atoms with Gasteiger partial charge in [-0.2, -0.15) is 0 Å². The summed E-state index contributed by atoms with van der Waals surface area (Å²) in [5, 5.41) is 12.5. The maximum Gasteiger partial charge on any atom is 0.335 e. The molecule has 0 aliphatic carbocycles. The molecule has 0 bridgehead atoms. The minimum Gasteiger partial charge on any atom is -0.478 e. The van der Waals surface area contributed by atoms with E-state index in [1.54, 1.807) is 18.2 Å². The molecule has 0 saturated carbocycles. The number of nitrogens with zero attached hydrogens (tertiary/aromatic N) is 1. The number of rotatable bonds is 5. The number of para-hydroxylation sites is 2. The summed E-state index contributed by atoms with van der Waals surface area (Å²) in [7, 11) is 0. The summed E-state index contributed by atoms with van der Waals surface area (Å²) >= 11 is 0. The normalized spacial score (nSPS) is 14.5. The fraction of sp³-hybridized carbons (Fsp3) is 0.316. The molecule has 120 valence electrons. The number of nitrogens with one attached hydrogen (secondary N) is 1. The second-order valence-electron chi connectivity index (χ2n) is 5.92. The first-order valence-corrected chi connectivity index (χ1v) is 8.14. The second-order valence-corrected chi connectivity index (χ2v) is 5.92. The second kappa shape index (κ2) is 7.18. The Labute approximate surface area is 136 Å². The Hall–Kier alpha value is -2.49. The summed E-state index contributed by atoms with van der Waals surface area (Å²) in [4.78, 5) is 13.5. The maximum atomic E-state index is 11.1. The number of aromatic carboxylic acids is 1. The minimum atomic E-state index is -0.888. The number of carboxylic acids is 1. The molecule has 0 atom stereocenters. The smallest absolute Gasteiger partial charge is 0.335 e. The lowest BCUT2D eigenvalue weighted by Crippen LogP contribution is -2.30. The van der Waals surface area contributed by atoms with Crippen molar-refractivity contribution in [2.75, 3.05) is 23.3 Å². The van der Waals surface area contributed by atoms with Crippen molar-refractivity contribution in [3.05, 3.63) is 59.7 Å². The number of hydrogen-bond acceptors (Lipinski definition) is 3. The van der Waals surface area contributed by atoms with Crippen LogP contribution in [0.3, 0.4) is 0 Å². The van der Waals surface area contributed by atoms with Crippen LogP contribution in [0.1, 0.15) is 35.2 Å². The van der Waals surface area contributed by atoms with Gasteiger partial charge in [-0.15, -0.1) is 0 Å². The molecule has 4 nitrogen and oxygen atoms in total. The molecule has 23 heavy (non-hydrogen) atoms. The first kappa shape index (κ1) is 15.4. The molecular weight excluding hydrogens is 288 g/mol. The van der Waals surface area contributed by atoms with E-state index < -0.39 is 5.97 Å². The van der Waals surface area contributed by atoms with E-state index in [1.807, 2.05) is 12.1 Å². The summed E-state index contributed by atoms with van der Waals surface area (Å²) in [5.74, 6) is -0.888. The first-order chi connectivity index (χ1) is 11.2. The van der Waals surface area contributed by atoms with E-state index in [4.69, 9.17) is 5.11 Å². The molecule has 2 N–H and O–H groups in total. The average Bonchev–Trinajstić information content (AvgIpc) is 2.61. The van der Waals surface area contributed by atoms with Crippen LogP contribution in [0, 0.1) is 0 Å². The summed E-state index contributed by atoms with van der Waals surface area (Å²) in [6, 6.07) is 15.4. The van der Waals surface area contributed by atoms with Crippen LogP contribution in [-0.2, 0) is 6.54 Å². The molecule has 2 aromatic rings. The van der Waals surface area contributed by atoms with Crippen molar-refractivity contribution in [3.63, 3.8) is 0 Å². The Kier molecular flexibility index (Phi) is 4.81. The molecule has 0 unspecified atom stereocenters. The Bertz CT molecular complexity index is 679. The Morgan fingerprint density at radius 1 is 1.04 bits per heavy atom. The molecule has 0 radical (unpaired) electrons. The Morgan fingerprint density at radius 3 is 2.61 bits per heavy atom. The van der Waals surface area contributed by atoms with Gasteiger partial charge in [0.1, 0.15) is 0 Å². The lowest BCUT2D eigenvalue weighted by Gasteiger charge is -2.30. The molecular formula is C19H22N2O2. The zero-order valence-electron chi connectivity index (χ0n) is 13.2. The van der Waals surface area contributed by atoms with Crippen molar-refractivity contribution in [1.82, 2.24) is 0 Å². The van der Waals surface area contributed by atoms with Crippen LogP contribution in [0.5, 0.6) is 0 Å². The third-order valence-electron chi connectivity index (χ3n) is 4.26. The van der Waals surface area contributed by atoms with Crippen molar-refractivity contribution in [3.8, 4) is 0 Å². The predicted molar refractivity (Wildman–Crippen MR) is 93.2 cm³/mol. The molecule has 1 aliphatic rings. The third-order valence-corrected chi connectivity index (χ3v) is 4.26. The van der Waals surface area contributed by atoms with Crippen LogP contribution in [0.4, 0.5) is 11.4 Å². The third kappa shape index (κ3) is 3.83. The highest BCUT2D eigenvalue weighted by molar-refractivity contribution is 5.87. The zero-order valence-corrected chi connectivity index (χ0v) is 13.2. The van der Waals surface area contributed by atoms with Crippen molar-refractivity contribution < 1.29 is 9.90 Å². The summed E-state index contributed by atoms with van der Waals surface area (Å²) in [6.45, 7) is 2.83. The molecule has 1 aliphatic heterocycles. The van der Waals surface area contributed by atoms with Crippen molar-refractivity contribution >= 4 is 17.3 Å². The van der Waals surface area contributed by atoms with Gasteiger partial charge in [-0.05, 0) is 49.1 Å². The van der Waals surface area contributed by atoms with E-state index in [2.05, 4.69) is 28.4 Å². The van der Waals surface area contributed by atoms with Gasteiger partial charge in [0, 0.05) is 19.6 Å². The lowest BCUT2D eigenvalue weighted by atomic mass is 10.1. The monoisotopic (exact) mass is 310 g/mol. The Balaban J connectivity index is 1.73. The molecule has 3 rings (SSSR count). The van der Waals surface area contributed by atoms with E-state index >= 15 is 0 Å². The van der Waals surface area contributed by atoms with Crippen LogP contribution < -0.4 is 10.2 Å². The molecule has 1 heterocycles. The van der Waals surface area contributed by atoms with Gasteiger partial charge in [0.15, 0.2) is 0 Å². The minimum absolute atomic E-state index is 0.327. The molecule has 0 spiro atoms. The van der Waals surface area contributed by atoms with Crippen molar-refractivity contribution in [2.24, 2.45) is 0 Å². The first-order valence-electron chi connectivity index (χ1n) is 8.14. The van der Waals surface area contributed by atoms with Crippen LogP contribution in [0.2, 0.25) is 0 Å². The van der Waals surface area contributed by atoms with Crippen LogP contribution in [0.25, 0.3) is 0 Å². The van der Waals surface area contributed by atoms with Gasteiger partial charge in [-0.25, -0.2) is 4.79 Å². The number of anilines is 2. The molecule has 4 heteroatoms. The van der Waals surface area contributed by atoms with Crippen LogP contribution in [-0.4, -0.2) is 24.2 Å². The largest absolute Gasteiger partial charge is 0.478 e. The molecule has 2 aromatic carbocycles. The quantitative estimate of drug-likeness (QED) is 0.877. The summed E-state index contributed by atoms with van der Waals surface area (Å²) < 4.78 is 0. The van der Waals surface area contributed by atoms with Gasteiger partial charge >= 0.3 is 5.97 Å². The fourth-order valence-electron chi connectivity index (χ4n) is 3.05.